The lowest BCUT2D eigenvalue weighted by Crippen LogP contribution is -2.66. The van der Waals surface area contributed by atoms with Gasteiger partial charge in [-0.15, -0.1) is 0 Å². The molecule has 18 heavy (non-hydrogen) atoms. The SMILES string of the molecule is CC1(C)C(N2C(=O)C=CC2=O)CCN(O)C1(C)C. The van der Waals surface area contributed by atoms with Crippen LogP contribution in [0.2, 0.25) is 0 Å². The van der Waals surface area contributed by atoms with Gasteiger partial charge >= 0.3 is 0 Å². The number of imide groups is 1. The van der Waals surface area contributed by atoms with Crippen LogP contribution in [-0.4, -0.2) is 45.1 Å². The summed E-state index contributed by atoms with van der Waals surface area (Å²) in [5, 5.41) is 11.3. The molecule has 1 N–H and O–H groups in total. The van der Waals surface area contributed by atoms with Crippen LogP contribution in [0.1, 0.15) is 34.1 Å². The minimum absolute atomic E-state index is 0.189. The van der Waals surface area contributed by atoms with Crippen LogP contribution in [0.15, 0.2) is 12.2 Å². The fourth-order valence-corrected chi connectivity index (χ4v) is 2.80. The van der Waals surface area contributed by atoms with E-state index in [0.717, 1.165) is 0 Å². The van der Waals surface area contributed by atoms with E-state index in [2.05, 4.69) is 0 Å². The summed E-state index contributed by atoms with van der Waals surface area (Å²) in [4.78, 5) is 24.9. The molecule has 0 aromatic heterocycles. The Hall–Kier alpha value is -1.20. The van der Waals surface area contributed by atoms with Crippen molar-refractivity contribution in [3.8, 4) is 0 Å². The third-order valence-corrected chi connectivity index (χ3v) is 4.82. The van der Waals surface area contributed by atoms with Gasteiger partial charge in [0.2, 0.25) is 0 Å². The van der Waals surface area contributed by atoms with Crippen molar-refractivity contribution in [1.82, 2.24) is 9.96 Å². The first-order valence-corrected chi connectivity index (χ1v) is 6.21. The molecule has 1 atom stereocenters. The van der Waals surface area contributed by atoms with Crippen LogP contribution < -0.4 is 0 Å². The molecule has 0 aliphatic carbocycles. The number of amides is 2. The number of carbonyl (C=O) groups is 2. The van der Waals surface area contributed by atoms with Crippen molar-refractivity contribution in [3.63, 3.8) is 0 Å². The molecule has 0 radical (unpaired) electrons. The molecule has 2 heterocycles. The Morgan fingerprint density at radius 3 is 2.17 bits per heavy atom. The summed E-state index contributed by atoms with van der Waals surface area (Å²) in [6, 6.07) is -0.189. The van der Waals surface area contributed by atoms with Crippen molar-refractivity contribution in [2.45, 2.75) is 45.7 Å². The van der Waals surface area contributed by atoms with Crippen molar-refractivity contribution in [1.29, 1.82) is 0 Å². The Bertz CT molecular complexity index is 408. The van der Waals surface area contributed by atoms with E-state index in [1.807, 2.05) is 27.7 Å². The summed E-state index contributed by atoms with van der Waals surface area (Å²) in [5.41, 5.74) is -0.892. The predicted octanol–water partition coefficient (Wildman–Crippen LogP) is 1.18. The number of rotatable bonds is 1. The Kier molecular flexibility index (Phi) is 2.87. The fourth-order valence-electron chi connectivity index (χ4n) is 2.80. The third-order valence-electron chi connectivity index (χ3n) is 4.82. The molecule has 0 bridgehead atoms. The molecule has 2 amide bonds. The molecule has 0 aromatic carbocycles. The zero-order valence-corrected chi connectivity index (χ0v) is 11.3. The van der Waals surface area contributed by atoms with Gasteiger partial charge in [0.15, 0.2) is 0 Å². The lowest BCUT2D eigenvalue weighted by molar-refractivity contribution is -0.234. The molecule has 100 valence electrons. The van der Waals surface area contributed by atoms with E-state index < -0.39 is 11.0 Å². The number of hydrogen-bond donors (Lipinski definition) is 1. The van der Waals surface area contributed by atoms with Crippen LogP contribution in [0, 0.1) is 5.41 Å². The molecule has 0 saturated carbocycles. The van der Waals surface area contributed by atoms with E-state index in [4.69, 9.17) is 0 Å². The molecular weight excluding hydrogens is 232 g/mol. The van der Waals surface area contributed by atoms with Crippen LogP contribution in [0.5, 0.6) is 0 Å². The van der Waals surface area contributed by atoms with E-state index >= 15 is 0 Å². The lowest BCUT2D eigenvalue weighted by atomic mass is 9.65. The number of piperidine rings is 1. The third kappa shape index (κ3) is 1.61. The van der Waals surface area contributed by atoms with Crippen molar-refractivity contribution in [3.05, 3.63) is 12.2 Å². The lowest BCUT2D eigenvalue weighted by Gasteiger charge is -2.56. The standard InChI is InChI=1S/C13H20N2O3/c1-12(2)9(7-8-14(18)13(12,3)4)15-10(16)5-6-11(15)17/h5-6,9,18H,7-8H2,1-4H3. The Balaban J connectivity index is 2.35. The Labute approximate surface area is 107 Å². The Morgan fingerprint density at radius 1 is 1.17 bits per heavy atom. The van der Waals surface area contributed by atoms with Crippen molar-refractivity contribution >= 4 is 11.8 Å². The molecule has 2 aliphatic rings. The minimum Gasteiger partial charge on any atom is -0.313 e. The van der Waals surface area contributed by atoms with E-state index in [9.17, 15) is 14.8 Å². The maximum Gasteiger partial charge on any atom is 0.253 e. The summed E-state index contributed by atoms with van der Waals surface area (Å²) in [7, 11) is 0. The maximum absolute atomic E-state index is 11.8. The number of carbonyl (C=O) groups excluding carboxylic acids is 2. The second-order valence-electron chi connectivity index (χ2n) is 6.09. The monoisotopic (exact) mass is 252 g/mol. The van der Waals surface area contributed by atoms with Gasteiger partial charge in [-0.2, -0.15) is 5.06 Å². The molecule has 5 heteroatoms. The van der Waals surface area contributed by atoms with Crippen molar-refractivity contribution < 1.29 is 14.8 Å². The molecule has 1 saturated heterocycles. The smallest absolute Gasteiger partial charge is 0.253 e. The zero-order valence-electron chi connectivity index (χ0n) is 11.3. The second kappa shape index (κ2) is 3.90. The van der Waals surface area contributed by atoms with Gasteiger partial charge in [0.1, 0.15) is 0 Å². The largest absolute Gasteiger partial charge is 0.313 e. The van der Waals surface area contributed by atoms with E-state index in [-0.39, 0.29) is 17.9 Å². The van der Waals surface area contributed by atoms with Gasteiger partial charge in [-0.1, -0.05) is 13.8 Å². The molecule has 2 rings (SSSR count). The Morgan fingerprint density at radius 2 is 1.67 bits per heavy atom. The van der Waals surface area contributed by atoms with Crippen molar-refractivity contribution in [2.75, 3.05) is 6.54 Å². The van der Waals surface area contributed by atoms with Gasteiger partial charge in [-0.25, -0.2) is 0 Å². The summed E-state index contributed by atoms with van der Waals surface area (Å²) < 4.78 is 0. The molecule has 1 unspecified atom stereocenters. The van der Waals surface area contributed by atoms with Crippen LogP contribution in [-0.2, 0) is 9.59 Å². The van der Waals surface area contributed by atoms with Gasteiger partial charge in [0, 0.05) is 35.7 Å². The zero-order chi connectivity index (χ0) is 13.7. The van der Waals surface area contributed by atoms with Gasteiger partial charge in [-0.3, -0.25) is 14.5 Å². The maximum atomic E-state index is 11.8. The molecule has 0 spiro atoms. The van der Waals surface area contributed by atoms with Gasteiger partial charge in [0.05, 0.1) is 0 Å². The quantitative estimate of drug-likeness (QED) is 0.712. The summed E-state index contributed by atoms with van der Waals surface area (Å²) in [6.45, 7) is 8.28. The minimum atomic E-state index is -0.501. The number of hydroxylamine groups is 2. The van der Waals surface area contributed by atoms with Crippen LogP contribution in [0.4, 0.5) is 0 Å². The van der Waals surface area contributed by atoms with E-state index in [1.165, 1.54) is 22.1 Å². The highest BCUT2D eigenvalue weighted by atomic mass is 16.5. The molecular formula is C13H20N2O3. The second-order valence-corrected chi connectivity index (χ2v) is 6.09. The molecule has 2 aliphatic heterocycles. The molecule has 0 aromatic rings. The summed E-state index contributed by atoms with van der Waals surface area (Å²) in [5.74, 6) is -0.500. The first kappa shape index (κ1) is 13.2. The van der Waals surface area contributed by atoms with Crippen LogP contribution >= 0.6 is 0 Å². The number of hydrogen-bond acceptors (Lipinski definition) is 4. The summed E-state index contributed by atoms with van der Waals surface area (Å²) >= 11 is 0. The summed E-state index contributed by atoms with van der Waals surface area (Å²) in [6.07, 6.45) is 3.22. The van der Waals surface area contributed by atoms with Crippen molar-refractivity contribution in [2.24, 2.45) is 5.41 Å². The van der Waals surface area contributed by atoms with Crippen LogP contribution in [0.25, 0.3) is 0 Å². The molecule has 5 nitrogen and oxygen atoms in total. The fraction of sp³-hybridized carbons (Fsp3) is 0.692. The highest BCUT2D eigenvalue weighted by Crippen LogP contribution is 2.45. The highest BCUT2D eigenvalue weighted by Gasteiger charge is 2.54. The van der Waals surface area contributed by atoms with E-state index in [1.54, 1.807) is 0 Å². The highest BCUT2D eigenvalue weighted by molar-refractivity contribution is 6.13. The van der Waals surface area contributed by atoms with Gasteiger partial charge in [0.25, 0.3) is 11.8 Å². The van der Waals surface area contributed by atoms with Crippen LogP contribution in [0.3, 0.4) is 0 Å². The van der Waals surface area contributed by atoms with Gasteiger partial charge < -0.3 is 5.21 Å². The average Bonchev–Trinajstić information content (AvgIpc) is 2.58. The number of nitrogens with zero attached hydrogens (tertiary/aromatic N) is 2. The van der Waals surface area contributed by atoms with Gasteiger partial charge in [-0.05, 0) is 20.3 Å². The van der Waals surface area contributed by atoms with E-state index in [0.29, 0.717) is 13.0 Å². The predicted molar refractivity (Wildman–Crippen MR) is 65.8 cm³/mol. The first-order valence-electron chi connectivity index (χ1n) is 6.21. The topological polar surface area (TPSA) is 60.9 Å². The first-order chi connectivity index (χ1) is 8.19. The average molecular weight is 252 g/mol. The molecule has 1 fully saturated rings. The normalized spacial score (nSPS) is 31.2.